The van der Waals surface area contributed by atoms with Gasteiger partial charge >= 0.3 is 0 Å². The zero-order valence-electron chi connectivity index (χ0n) is 37.0. The summed E-state index contributed by atoms with van der Waals surface area (Å²) in [4.78, 5) is 11.3. The maximum Gasteiger partial charge on any atom is 0.149 e. The molecule has 0 saturated carbocycles. The van der Waals surface area contributed by atoms with Crippen LogP contribution in [0.1, 0.15) is 52.7 Å². The molecule has 0 aliphatic carbocycles. The van der Waals surface area contributed by atoms with Crippen LogP contribution < -0.4 is 0 Å². The van der Waals surface area contributed by atoms with Gasteiger partial charge in [0.2, 0.25) is 0 Å². The topological polar surface area (TPSA) is 64.1 Å². The maximum absolute atomic E-state index is 12.5. The first-order chi connectivity index (χ1) is 30.9. The number of aromatic nitrogens is 3. The third-order valence-corrected chi connectivity index (χ3v) is 13.4. The number of hydrogen-bond donors (Lipinski definition) is 1. The van der Waals surface area contributed by atoms with Crippen molar-refractivity contribution in [2.24, 2.45) is 0 Å². The Kier molecular flexibility index (Phi) is 10.5. The third kappa shape index (κ3) is 7.39. The molecule has 0 radical (unpaired) electrons. The fraction of sp³-hybridized carbons (Fsp3) is 0.138. The van der Waals surface area contributed by atoms with Crippen LogP contribution in [0.3, 0.4) is 0 Å². The Morgan fingerprint density at radius 3 is 1.94 bits per heavy atom. The summed E-state index contributed by atoms with van der Waals surface area (Å²) < 4.78 is 10.0. The van der Waals surface area contributed by atoms with Gasteiger partial charge in [0.25, 0.3) is 0 Å². The number of aromatic hydroxyl groups is 1. The van der Waals surface area contributed by atoms with Crippen LogP contribution in [-0.4, -0.2) is 19.6 Å². The zero-order chi connectivity index (χ0) is 43.9. The Morgan fingerprint density at radius 1 is 0.615 bits per heavy atom. The minimum atomic E-state index is -0.341. The fourth-order valence-electron chi connectivity index (χ4n) is 9.02. The first kappa shape index (κ1) is 42.4. The summed E-state index contributed by atoms with van der Waals surface area (Å²) in [6.07, 6.45) is 1.87. The van der Waals surface area contributed by atoms with E-state index in [4.69, 9.17) is 14.4 Å². The summed E-state index contributed by atoms with van der Waals surface area (Å²) in [6, 6.07) is 58.8. The van der Waals surface area contributed by atoms with E-state index in [-0.39, 0.29) is 37.6 Å². The van der Waals surface area contributed by atoms with Gasteiger partial charge in [0.1, 0.15) is 22.1 Å². The van der Waals surface area contributed by atoms with Gasteiger partial charge in [-0.15, -0.1) is 29.5 Å². The molecule has 11 aromatic rings. The van der Waals surface area contributed by atoms with E-state index < -0.39 is 0 Å². The fourth-order valence-corrected chi connectivity index (χ4v) is 10.0. The van der Waals surface area contributed by atoms with Crippen LogP contribution in [0.5, 0.6) is 5.75 Å². The molecule has 0 bridgehead atoms. The molecule has 0 fully saturated rings. The molecule has 0 amide bonds. The van der Waals surface area contributed by atoms with Crippen molar-refractivity contribution in [3.05, 3.63) is 181 Å². The van der Waals surface area contributed by atoms with Crippen molar-refractivity contribution in [2.45, 2.75) is 52.4 Å². The minimum Gasteiger partial charge on any atom is -0.507 e. The molecule has 0 aliphatic heterocycles. The predicted octanol–water partition coefficient (Wildman–Crippen LogP) is 16.0. The van der Waals surface area contributed by atoms with Gasteiger partial charge in [-0.05, 0) is 90.7 Å². The molecule has 11 rings (SSSR count). The third-order valence-electron chi connectivity index (χ3n) is 12.4. The van der Waals surface area contributed by atoms with Crippen LogP contribution in [0.4, 0.5) is 0 Å². The molecule has 7 heteroatoms. The van der Waals surface area contributed by atoms with Crippen LogP contribution in [0.15, 0.2) is 168 Å². The van der Waals surface area contributed by atoms with E-state index in [1.165, 1.54) is 0 Å². The molecule has 1 N–H and O–H groups in total. The van der Waals surface area contributed by atoms with Gasteiger partial charge < -0.3 is 9.52 Å². The molecule has 0 unspecified atom stereocenters. The zero-order valence-corrected chi connectivity index (χ0v) is 40.1. The van der Waals surface area contributed by atoms with Crippen molar-refractivity contribution in [3.8, 4) is 67.5 Å². The van der Waals surface area contributed by atoms with Gasteiger partial charge in [0, 0.05) is 49.5 Å². The Labute approximate surface area is 397 Å². The van der Waals surface area contributed by atoms with E-state index in [1.807, 2.05) is 24.4 Å². The number of hydrogen-bond acceptors (Lipinski definition) is 5. The van der Waals surface area contributed by atoms with Crippen LogP contribution in [-0.2, 0) is 31.9 Å². The van der Waals surface area contributed by atoms with Crippen molar-refractivity contribution in [1.82, 2.24) is 14.5 Å². The smallest absolute Gasteiger partial charge is 0.149 e. The Bertz CT molecular complexity index is 3580. The van der Waals surface area contributed by atoms with E-state index in [9.17, 15) is 5.11 Å². The summed E-state index contributed by atoms with van der Waals surface area (Å²) >= 11 is 1.62. The molecule has 0 spiro atoms. The van der Waals surface area contributed by atoms with E-state index in [1.54, 1.807) is 11.3 Å². The molecular formula is C58H46N3O2PtS-. The van der Waals surface area contributed by atoms with Crippen LogP contribution in [0.2, 0.25) is 0 Å². The number of benzene rings is 7. The van der Waals surface area contributed by atoms with Gasteiger partial charge in [0.05, 0.1) is 22.3 Å². The van der Waals surface area contributed by atoms with Crippen molar-refractivity contribution in [3.63, 3.8) is 0 Å². The molecule has 0 atom stereocenters. The molecule has 7 aromatic carbocycles. The monoisotopic (exact) mass is 1040 g/mol. The van der Waals surface area contributed by atoms with Crippen molar-refractivity contribution >= 4 is 53.7 Å². The molecule has 65 heavy (non-hydrogen) atoms. The van der Waals surface area contributed by atoms with E-state index in [0.717, 1.165) is 104 Å². The molecule has 4 heterocycles. The summed E-state index contributed by atoms with van der Waals surface area (Å²) in [5, 5.41) is 15.4. The number of imidazole rings is 1. The SMILES string of the molecule is CC(C)(C)c1cc(-c2nc3c4c(ccc3n2-c2ccc(-c3ccccc3)cc2-c2ccccc2)oc2sc3ccc(-c5cc(-c6ccccc6)ccn5)[c-]c3c24)c(O)c(C(C)(C)C)c1.[Pt]. The standard InChI is InChI=1S/C58H46N3O2S.Pt/c1-57(2,3)41-33-44(54(62)45(34-41)58(4,5)6)55-60-53-48(61(55)47-24-22-38(35-16-10-7-11-17-35)30-42(47)37-20-14-9-15-21-37)25-26-49-52(53)51-43-31-40(23-27-50(43)64-56(51)63-49)46-32-39(28-29-59-46)36-18-12-8-13-19-36;/h7-30,32-34,62H,1-6H3;/q-1;. The number of fused-ring (bicyclic) bond motifs is 7. The quantitative estimate of drug-likeness (QED) is 0.169. The number of furan rings is 1. The summed E-state index contributed by atoms with van der Waals surface area (Å²) in [5.74, 6) is 0.888. The summed E-state index contributed by atoms with van der Waals surface area (Å²) in [5.41, 5.74) is 13.9. The summed E-state index contributed by atoms with van der Waals surface area (Å²) in [6.45, 7) is 13.1. The number of thiophene rings is 1. The van der Waals surface area contributed by atoms with Gasteiger partial charge in [-0.25, -0.2) is 4.98 Å². The number of rotatable bonds is 6. The van der Waals surface area contributed by atoms with Crippen molar-refractivity contribution in [2.75, 3.05) is 0 Å². The number of nitrogens with zero attached hydrogens (tertiary/aromatic N) is 3. The van der Waals surface area contributed by atoms with Crippen molar-refractivity contribution < 1.29 is 30.6 Å². The van der Waals surface area contributed by atoms with Crippen LogP contribution >= 0.6 is 11.3 Å². The molecule has 0 saturated heterocycles. The van der Waals surface area contributed by atoms with E-state index in [2.05, 4.69) is 192 Å². The van der Waals surface area contributed by atoms with Gasteiger partial charge in [-0.1, -0.05) is 162 Å². The number of phenols is 1. The second kappa shape index (κ2) is 16.1. The average molecular weight is 1040 g/mol. The number of phenolic OH excluding ortho intramolecular Hbond substituents is 1. The predicted molar refractivity (Wildman–Crippen MR) is 267 cm³/mol. The van der Waals surface area contributed by atoms with E-state index >= 15 is 0 Å². The normalized spacial score (nSPS) is 12.1. The van der Waals surface area contributed by atoms with Gasteiger partial charge in [-0.2, -0.15) is 0 Å². The Hall–Kier alpha value is -6.59. The molecular weight excluding hydrogens is 998 g/mol. The second-order valence-corrected chi connectivity index (χ2v) is 19.7. The van der Waals surface area contributed by atoms with Gasteiger partial charge in [-0.3, -0.25) is 9.55 Å². The first-order valence-electron chi connectivity index (χ1n) is 21.8. The molecule has 4 aromatic heterocycles. The number of pyridine rings is 1. The first-order valence-corrected chi connectivity index (χ1v) is 22.6. The Balaban J connectivity index is 0.00000498. The van der Waals surface area contributed by atoms with Crippen LogP contribution in [0.25, 0.3) is 104 Å². The largest absolute Gasteiger partial charge is 0.507 e. The molecule has 322 valence electrons. The van der Waals surface area contributed by atoms with Gasteiger partial charge in [0.15, 0.2) is 0 Å². The average Bonchev–Trinajstić information content (AvgIpc) is 3.98. The van der Waals surface area contributed by atoms with Crippen molar-refractivity contribution in [1.29, 1.82) is 0 Å². The second-order valence-electron chi connectivity index (χ2n) is 18.7. The molecule has 0 aliphatic rings. The summed E-state index contributed by atoms with van der Waals surface area (Å²) in [7, 11) is 0. The maximum atomic E-state index is 12.5. The molecule has 5 nitrogen and oxygen atoms in total. The Morgan fingerprint density at radius 2 is 1.28 bits per heavy atom. The van der Waals surface area contributed by atoms with Crippen LogP contribution in [0, 0.1) is 6.07 Å². The van der Waals surface area contributed by atoms with E-state index in [0.29, 0.717) is 11.4 Å². The minimum absolute atomic E-state index is 0.